The standard InChI is InChI=1S/C7H5F3O3Se/c8-7(9,10)12-5-3-1-2-4-6(5)14-13-11/h1-4,11H. The van der Waals surface area contributed by atoms with Crippen molar-refractivity contribution in [2.75, 3.05) is 0 Å². The zero-order valence-corrected chi connectivity index (χ0v) is 8.33. The molecule has 0 atom stereocenters. The van der Waals surface area contributed by atoms with Crippen LogP contribution in [0, 0.1) is 0 Å². The Balaban J connectivity index is 2.84. The molecule has 0 heterocycles. The molecule has 3 nitrogen and oxygen atoms in total. The Morgan fingerprint density at radius 2 is 1.86 bits per heavy atom. The fourth-order valence-electron chi connectivity index (χ4n) is 0.768. The van der Waals surface area contributed by atoms with Crippen LogP contribution in [-0.2, 0) is 3.97 Å². The summed E-state index contributed by atoms with van der Waals surface area (Å²) in [4.78, 5) is 0. The maximum absolute atomic E-state index is 11.8. The third-order valence-electron chi connectivity index (χ3n) is 1.20. The zero-order chi connectivity index (χ0) is 10.6. The Hall–Kier alpha value is -0.751. The Labute approximate surface area is 83.9 Å². The predicted octanol–water partition coefficient (Wildman–Crippen LogP) is 1.32. The van der Waals surface area contributed by atoms with Crippen LogP contribution in [0.2, 0.25) is 0 Å². The van der Waals surface area contributed by atoms with Gasteiger partial charge in [-0.05, 0) is 0 Å². The molecule has 7 heteroatoms. The fraction of sp³-hybridized carbons (Fsp3) is 0.143. The van der Waals surface area contributed by atoms with E-state index in [2.05, 4.69) is 8.71 Å². The van der Waals surface area contributed by atoms with Gasteiger partial charge in [-0.2, -0.15) is 0 Å². The maximum atomic E-state index is 11.8. The van der Waals surface area contributed by atoms with Crippen LogP contribution >= 0.6 is 0 Å². The number of halogens is 3. The van der Waals surface area contributed by atoms with E-state index in [4.69, 9.17) is 5.26 Å². The number of rotatable bonds is 3. The van der Waals surface area contributed by atoms with Gasteiger partial charge in [0.25, 0.3) is 0 Å². The van der Waals surface area contributed by atoms with Crippen LogP contribution in [0.5, 0.6) is 5.75 Å². The van der Waals surface area contributed by atoms with Gasteiger partial charge in [0.1, 0.15) is 0 Å². The number of alkyl halides is 3. The summed E-state index contributed by atoms with van der Waals surface area (Å²) in [5, 5.41) is 8.13. The molecule has 1 aromatic carbocycles. The zero-order valence-electron chi connectivity index (χ0n) is 6.62. The van der Waals surface area contributed by atoms with E-state index in [0.29, 0.717) is 0 Å². The van der Waals surface area contributed by atoms with E-state index in [0.717, 1.165) is 6.07 Å². The van der Waals surface area contributed by atoms with Gasteiger partial charge >= 0.3 is 83.3 Å². The molecule has 0 amide bonds. The molecule has 0 aromatic heterocycles. The van der Waals surface area contributed by atoms with Gasteiger partial charge in [-0.3, -0.25) is 0 Å². The molecule has 0 radical (unpaired) electrons. The van der Waals surface area contributed by atoms with Crippen molar-refractivity contribution in [3.63, 3.8) is 0 Å². The Bertz CT molecular complexity index is 302. The summed E-state index contributed by atoms with van der Waals surface area (Å²) in [6.07, 6.45) is -4.73. The number of para-hydroxylation sites is 1. The molecule has 0 aliphatic heterocycles. The average molecular weight is 273 g/mol. The summed E-state index contributed by atoms with van der Waals surface area (Å²) in [5.41, 5.74) is 0. The molecule has 0 unspecified atom stereocenters. The fourth-order valence-corrected chi connectivity index (χ4v) is 1.62. The summed E-state index contributed by atoms with van der Waals surface area (Å²) < 4.78 is 43.2. The molecule has 0 fully saturated rings. The van der Waals surface area contributed by atoms with Crippen molar-refractivity contribution >= 4 is 19.7 Å². The van der Waals surface area contributed by atoms with Crippen LogP contribution in [0.1, 0.15) is 0 Å². The minimum atomic E-state index is -4.73. The van der Waals surface area contributed by atoms with Gasteiger partial charge in [0.2, 0.25) is 0 Å². The van der Waals surface area contributed by atoms with Gasteiger partial charge in [0.15, 0.2) is 0 Å². The van der Waals surface area contributed by atoms with Crippen molar-refractivity contribution in [3.05, 3.63) is 24.3 Å². The molecule has 0 spiro atoms. The third-order valence-corrected chi connectivity index (χ3v) is 2.44. The normalized spacial score (nSPS) is 11.4. The van der Waals surface area contributed by atoms with Gasteiger partial charge in [0, 0.05) is 0 Å². The van der Waals surface area contributed by atoms with Gasteiger partial charge in [-0.25, -0.2) is 0 Å². The molecular formula is C7H5F3O3Se. The van der Waals surface area contributed by atoms with Crippen LogP contribution in [0.4, 0.5) is 13.2 Å². The van der Waals surface area contributed by atoms with Gasteiger partial charge < -0.3 is 0 Å². The van der Waals surface area contributed by atoms with Crippen molar-refractivity contribution in [2.24, 2.45) is 0 Å². The van der Waals surface area contributed by atoms with Gasteiger partial charge in [-0.15, -0.1) is 0 Å². The third kappa shape index (κ3) is 3.55. The van der Waals surface area contributed by atoms with E-state index >= 15 is 0 Å². The van der Waals surface area contributed by atoms with Crippen molar-refractivity contribution < 1.29 is 27.1 Å². The van der Waals surface area contributed by atoms with E-state index in [1.165, 1.54) is 18.2 Å². The molecule has 78 valence electrons. The van der Waals surface area contributed by atoms with Crippen LogP contribution in [0.15, 0.2) is 24.3 Å². The molecule has 0 saturated heterocycles. The van der Waals surface area contributed by atoms with Gasteiger partial charge in [0.05, 0.1) is 0 Å². The van der Waals surface area contributed by atoms with E-state index in [-0.39, 0.29) is 10.2 Å². The first-order chi connectivity index (χ1) is 6.53. The van der Waals surface area contributed by atoms with Crippen LogP contribution in [0.3, 0.4) is 0 Å². The second kappa shape index (κ2) is 4.65. The van der Waals surface area contributed by atoms with Crippen LogP contribution < -0.4 is 9.20 Å². The predicted molar refractivity (Wildman–Crippen MR) is 42.2 cm³/mol. The second-order valence-electron chi connectivity index (χ2n) is 2.15. The first-order valence-corrected chi connectivity index (χ1v) is 4.91. The Morgan fingerprint density at radius 1 is 1.21 bits per heavy atom. The number of hydrogen-bond acceptors (Lipinski definition) is 3. The average Bonchev–Trinajstić information content (AvgIpc) is 2.06. The summed E-state index contributed by atoms with van der Waals surface area (Å²) >= 11 is -0.901. The minimum absolute atomic E-state index is 0.180. The van der Waals surface area contributed by atoms with Gasteiger partial charge in [-0.1, -0.05) is 0 Å². The van der Waals surface area contributed by atoms with Crippen LogP contribution in [0.25, 0.3) is 0 Å². The molecule has 0 bridgehead atoms. The SMILES string of the molecule is OO[Se]c1ccccc1OC(F)(F)F. The van der Waals surface area contributed by atoms with Crippen molar-refractivity contribution in [2.45, 2.75) is 6.36 Å². The Morgan fingerprint density at radius 3 is 2.43 bits per heavy atom. The van der Waals surface area contributed by atoms with E-state index < -0.39 is 21.6 Å². The first kappa shape index (κ1) is 11.3. The summed E-state index contributed by atoms with van der Waals surface area (Å²) in [7, 11) is 0. The van der Waals surface area contributed by atoms with E-state index in [1.54, 1.807) is 0 Å². The molecule has 0 aliphatic rings. The Kier molecular flexibility index (Phi) is 3.77. The topological polar surface area (TPSA) is 38.7 Å². The monoisotopic (exact) mass is 274 g/mol. The number of hydrogen-bond donors (Lipinski definition) is 1. The number of ether oxygens (including phenoxy) is 1. The molecule has 0 aliphatic carbocycles. The molecule has 0 saturated carbocycles. The summed E-state index contributed by atoms with van der Waals surface area (Å²) in [5.74, 6) is -0.353. The van der Waals surface area contributed by atoms with Crippen LogP contribution in [-0.4, -0.2) is 26.9 Å². The molecular weight excluding hydrogens is 268 g/mol. The quantitative estimate of drug-likeness (QED) is 0.513. The number of benzene rings is 1. The molecule has 1 N–H and O–H groups in total. The van der Waals surface area contributed by atoms with E-state index in [1.807, 2.05) is 0 Å². The molecule has 1 aromatic rings. The first-order valence-electron chi connectivity index (χ1n) is 3.36. The van der Waals surface area contributed by atoms with Crippen molar-refractivity contribution in [3.8, 4) is 5.75 Å². The van der Waals surface area contributed by atoms with Crippen molar-refractivity contribution in [1.29, 1.82) is 0 Å². The molecule has 14 heavy (non-hydrogen) atoms. The van der Waals surface area contributed by atoms with Crippen molar-refractivity contribution in [1.82, 2.24) is 0 Å². The van der Waals surface area contributed by atoms with E-state index in [9.17, 15) is 13.2 Å². The summed E-state index contributed by atoms with van der Waals surface area (Å²) in [6, 6.07) is 5.47. The second-order valence-corrected chi connectivity index (χ2v) is 3.74. The summed E-state index contributed by atoms with van der Waals surface area (Å²) in [6.45, 7) is 0. The molecule has 1 rings (SSSR count).